The second-order valence-electron chi connectivity index (χ2n) is 4.51. The summed E-state index contributed by atoms with van der Waals surface area (Å²) in [7, 11) is -2.06. The number of sulfonamides is 1. The molecule has 0 spiro atoms. The molecule has 1 rings (SSSR count). The van der Waals surface area contributed by atoms with Crippen LogP contribution in [0.3, 0.4) is 0 Å². The maximum atomic E-state index is 12.5. The molecule has 0 fully saturated rings. The Morgan fingerprint density at radius 3 is 2.40 bits per heavy atom. The fourth-order valence-corrected chi connectivity index (χ4v) is 4.28. The molecule has 0 aliphatic heterocycles. The summed E-state index contributed by atoms with van der Waals surface area (Å²) in [4.78, 5) is 0.0539. The van der Waals surface area contributed by atoms with Crippen LogP contribution in [-0.2, 0) is 15.9 Å². The summed E-state index contributed by atoms with van der Waals surface area (Å²) >= 11 is 17.8. The summed E-state index contributed by atoms with van der Waals surface area (Å²) in [5.41, 5.74) is 0.443. The lowest BCUT2D eigenvalue weighted by molar-refractivity contribution is 0.454. The fraction of sp³-hybridized carbons (Fsp3) is 0.538. The minimum Gasteiger partial charge on any atom is -0.207 e. The van der Waals surface area contributed by atoms with E-state index in [1.54, 1.807) is 7.05 Å². The molecular formula is C13H18Cl3NO2S. The zero-order chi connectivity index (χ0) is 15.3. The molecule has 1 aromatic rings. The van der Waals surface area contributed by atoms with E-state index in [0.717, 1.165) is 19.3 Å². The molecule has 0 saturated heterocycles. The predicted molar refractivity (Wildman–Crippen MR) is 85.4 cm³/mol. The Labute approximate surface area is 135 Å². The first-order valence-electron chi connectivity index (χ1n) is 6.35. The van der Waals surface area contributed by atoms with E-state index in [9.17, 15) is 8.42 Å². The van der Waals surface area contributed by atoms with Gasteiger partial charge in [0.25, 0.3) is 0 Å². The lowest BCUT2D eigenvalue weighted by atomic mass is 10.2. The first-order valence-corrected chi connectivity index (χ1v) is 9.08. The van der Waals surface area contributed by atoms with E-state index >= 15 is 0 Å². The highest BCUT2D eigenvalue weighted by Gasteiger charge is 2.25. The SMILES string of the molecule is CCCCCN(C)S(=O)(=O)c1ccc(Cl)c(CCl)c1Cl. The smallest absolute Gasteiger partial charge is 0.207 e. The Balaban J connectivity index is 3.10. The number of unbranched alkanes of at least 4 members (excludes halogenated alkanes) is 2. The van der Waals surface area contributed by atoms with Crippen LogP contribution in [0.15, 0.2) is 17.0 Å². The number of nitrogens with zero attached hydrogens (tertiary/aromatic N) is 1. The van der Waals surface area contributed by atoms with Crippen LogP contribution in [0.5, 0.6) is 0 Å². The van der Waals surface area contributed by atoms with Crippen molar-refractivity contribution in [1.82, 2.24) is 4.31 Å². The molecule has 0 amide bonds. The van der Waals surface area contributed by atoms with Crippen molar-refractivity contribution in [2.24, 2.45) is 0 Å². The molecular weight excluding hydrogens is 341 g/mol. The Bertz CT molecular complexity index is 561. The zero-order valence-electron chi connectivity index (χ0n) is 11.5. The van der Waals surface area contributed by atoms with Gasteiger partial charge >= 0.3 is 0 Å². The molecule has 0 radical (unpaired) electrons. The van der Waals surface area contributed by atoms with Crippen molar-refractivity contribution in [3.63, 3.8) is 0 Å². The molecule has 0 aliphatic carbocycles. The average Bonchev–Trinajstić information content (AvgIpc) is 2.39. The van der Waals surface area contributed by atoms with E-state index < -0.39 is 10.0 Å². The van der Waals surface area contributed by atoms with Crippen molar-refractivity contribution in [1.29, 1.82) is 0 Å². The molecule has 0 N–H and O–H groups in total. The maximum absolute atomic E-state index is 12.5. The molecule has 114 valence electrons. The molecule has 0 aliphatic rings. The van der Waals surface area contributed by atoms with Gasteiger partial charge in [-0.3, -0.25) is 0 Å². The van der Waals surface area contributed by atoms with Gasteiger partial charge in [0.2, 0.25) is 10.0 Å². The molecule has 0 saturated carbocycles. The highest BCUT2D eigenvalue weighted by atomic mass is 35.5. The van der Waals surface area contributed by atoms with Crippen molar-refractivity contribution >= 4 is 44.8 Å². The molecule has 0 aromatic heterocycles. The van der Waals surface area contributed by atoms with Crippen molar-refractivity contribution in [3.8, 4) is 0 Å². The first-order chi connectivity index (χ1) is 9.36. The summed E-state index contributed by atoms with van der Waals surface area (Å²) in [6, 6.07) is 2.93. The Morgan fingerprint density at radius 2 is 1.85 bits per heavy atom. The summed E-state index contributed by atoms with van der Waals surface area (Å²) in [5.74, 6) is 0.0700. The van der Waals surface area contributed by atoms with Crippen molar-refractivity contribution in [2.45, 2.75) is 37.0 Å². The second kappa shape index (κ2) is 7.85. The van der Waals surface area contributed by atoms with Gasteiger partial charge in [0, 0.05) is 24.2 Å². The van der Waals surface area contributed by atoms with E-state index in [1.165, 1.54) is 16.4 Å². The normalized spacial score (nSPS) is 12.1. The highest BCUT2D eigenvalue weighted by molar-refractivity contribution is 7.89. The summed E-state index contributed by atoms with van der Waals surface area (Å²) in [6.45, 7) is 2.53. The number of rotatable bonds is 7. The Hall–Kier alpha value is -0.000000000000000167. The van der Waals surface area contributed by atoms with Crippen LogP contribution in [0, 0.1) is 0 Å². The number of hydrogen-bond donors (Lipinski definition) is 0. The molecule has 3 nitrogen and oxygen atoms in total. The van der Waals surface area contributed by atoms with Gasteiger partial charge in [-0.15, -0.1) is 11.6 Å². The predicted octanol–water partition coefficient (Wildman–Crippen LogP) is 4.54. The minimum atomic E-state index is -3.62. The van der Waals surface area contributed by atoms with E-state index in [1.807, 2.05) is 0 Å². The first kappa shape index (κ1) is 18.1. The third kappa shape index (κ3) is 4.01. The van der Waals surface area contributed by atoms with Crippen LogP contribution in [0.4, 0.5) is 0 Å². The number of benzene rings is 1. The lowest BCUT2D eigenvalue weighted by Gasteiger charge is -2.19. The minimum absolute atomic E-state index is 0.0539. The molecule has 7 heteroatoms. The quantitative estimate of drug-likeness (QED) is 0.530. The van der Waals surface area contributed by atoms with Crippen LogP contribution in [0.2, 0.25) is 10.0 Å². The number of alkyl halides is 1. The zero-order valence-corrected chi connectivity index (χ0v) is 14.6. The highest BCUT2D eigenvalue weighted by Crippen LogP contribution is 2.33. The number of halogens is 3. The van der Waals surface area contributed by atoms with Gasteiger partial charge in [-0.2, -0.15) is 0 Å². The van der Waals surface area contributed by atoms with Crippen molar-refractivity contribution in [3.05, 3.63) is 27.7 Å². The Kier molecular flexibility index (Phi) is 7.09. The van der Waals surface area contributed by atoms with Crippen LogP contribution in [-0.4, -0.2) is 26.3 Å². The van der Waals surface area contributed by atoms with Crippen LogP contribution >= 0.6 is 34.8 Å². The van der Waals surface area contributed by atoms with Crippen LogP contribution in [0.1, 0.15) is 31.7 Å². The van der Waals surface area contributed by atoms with Gasteiger partial charge in [0.05, 0.1) is 10.9 Å². The Morgan fingerprint density at radius 1 is 1.20 bits per heavy atom. The molecule has 1 aromatic carbocycles. The van der Waals surface area contributed by atoms with E-state index in [-0.39, 0.29) is 15.8 Å². The van der Waals surface area contributed by atoms with Crippen LogP contribution < -0.4 is 0 Å². The van der Waals surface area contributed by atoms with Gasteiger partial charge in [-0.1, -0.05) is 43.0 Å². The maximum Gasteiger partial charge on any atom is 0.244 e. The van der Waals surface area contributed by atoms with E-state index in [4.69, 9.17) is 34.8 Å². The molecule has 0 heterocycles. The topological polar surface area (TPSA) is 37.4 Å². The molecule has 20 heavy (non-hydrogen) atoms. The van der Waals surface area contributed by atoms with E-state index in [0.29, 0.717) is 17.1 Å². The van der Waals surface area contributed by atoms with Gasteiger partial charge in [0.15, 0.2) is 0 Å². The number of hydrogen-bond acceptors (Lipinski definition) is 2. The molecule has 0 bridgehead atoms. The molecule has 0 unspecified atom stereocenters. The van der Waals surface area contributed by atoms with Gasteiger partial charge < -0.3 is 0 Å². The summed E-state index contributed by atoms with van der Waals surface area (Å²) in [6.07, 6.45) is 2.84. The monoisotopic (exact) mass is 357 g/mol. The van der Waals surface area contributed by atoms with Crippen LogP contribution in [0.25, 0.3) is 0 Å². The third-order valence-electron chi connectivity index (χ3n) is 3.05. The van der Waals surface area contributed by atoms with E-state index in [2.05, 4.69) is 6.92 Å². The van der Waals surface area contributed by atoms with Gasteiger partial charge in [0.1, 0.15) is 4.90 Å². The largest absolute Gasteiger partial charge is 0.244 e. The van der Waals surface area contributed by atoms with Crippen molar-refractivity contribution in [2.75, 3.05) is 13.6 Å². The fourth-order valence-electron chi connectivity index (χ4n) is 1.77. The molecule has 0 atom stereocenters. The van der Waals surface area contributed by atoms with Gasteiger partial charge in [-0.05, 0) is 18.6 Å². The summed E-state index contributed by atoms with van der Waals surface area (Å²) in [5, 5.41) is 0.479. The average molecular weight is 359 g/mol. The van der Waals surface area contributed by atoms with Crippen molar-refractivity contribution < 1.29 is 8.42 Å². The third-order valence-corrected chi connectivity index (χ3v) is 6.11. The summed E-state index contributed by atoms with van der Waals surface area (Å²) < 4.78 is 26.3. The second-order valence-corrected chi connectivity index (χ2v) is 7.57. The lowest BCUT2D eigenvalue weighted by Crippen LogP contribution is -2.28. The standard InChI is InChI=1S/C13H18Cl3NO2S/c1-3-4-5-8-17(2)20(18,19)12-7-6-11(15)10(9-14)13(12)16/h6-7H,3-5,8-9H2,1-2H3. The van der Waals surface area contributed by atoms with Gasteiger partial charge in [-0.25, -0.2) is 12.7 Å².